The molecule has 0 radical (unpaired) electrons. The number of benzene rings is 2. The zero-order valence-corrected chi connectivity index (χ0v) is 14.5. The molecule has 136 valence electrons. The molecular weight excluding hydrogens is 339 g/mol. The first-order valence-corrected chi connectivity index (χ1v) is 8.10. The van der Waals surface area contributed by atoms with E-state index in [0.29, 0.717) is 34.9 Å². The molecule has 0 saturated heterocycles. The van der Waals surface area contributed by atoms with Crippen LogP contribution in [0.25, 0.3) is 0 Å². The minimum atomic E-state index is -0.315. The van der Waals surface area contributed by atoms with Crippen molar-refractivity contribution in [1.29, 1.82) is 0 Å². The zero-order chi connectivity index (χ0) is 18.7. The summed E-state index contributed by atoms with van der Waals surface area (Å²) in [5.74, 6) is 0.132. The maximum atomic E-state index is 13.7. The van der Waals surface area contributed by atoms with Gasteiger partial charge in [0.25, 0.3) is 0 Å². The fourth-order valence-electron chi connectivity index (χ4n) is 2.74. The van der Waals surface area contributed by atoms with Crippen LogP contribution in [0.15, 0.2) is 36.4 Å². The van der Waals surface area contributed by atoms with Gasteiger partial charge in [0.2, 0.25) is 12.7 Å². The Bertz CT molecular complexity index is 853. The molecule has 1 heterocycles. The van der Waals surface area contributed by atoms with Crippen molar-refractivity contribution in [2.24, 2.45) is 0 Å². The maximum Gasteiger partial charge on any atom is 0.238 e. The van der Waals surface area contributed by atoms with Crippen LogP contribution in [0, 0.1) is 5.82 Å². The molecule has 2 aromatic carbocycles. The number of ketones is 1. The lowest BCUT2D eigenvalue weighted by Crippen LogP contribution is -2.30. The standard InChI is InChI=1S/C19H19FN2O4/c1-12(23)14-7-17-18(26-11-25-17)8-16(14)21-19(24)10-22(2)9-13-5-3-4-6-15(13)20/h3-8H,9-11H2,1-2H3,(H,21,24). The number of hydrogen-bond acceptors (Lipinski definition) is 5. The van der Waals surface area contributed by atoms with Gasteiger partial charge in [0.1, 0.15) is 5.82 Å². The number of likely N-dealkylation sites (N-methyl/N-ethyl adjacent to an activating group) is 1. The predicted octanol–water partition coefficient (Wildman–Crippen LogP) is 2.83. The SMILES string of the molecule is CC(=O)c1cc2c(cc1NC(=O)CN(C)Cc1ccccc1F)OCO2. The van der Waals surface area contributed by atoms with Crippen LogP contribution < -0.4 is 14.8 Å². The molecule has 2 aromatic rings. The van der Waals surface area contributed by atoms with Crippen LogP contribution in [-0.4, -0.2) is 37.0 Å². The summed E-state index contributed by atoms with van der Waals surface area (Å²) in [4.78, 5) is 25.9. The number of ether oxygens (including phenoxy) is 2. The van der Waals surface area contributed by atoms with E-state index >= 15 is 0 Å². The van der Waals surface area contributed by atoms with E-state index in [-0.39, 0.29) is 30.8 Å². The second kappa shape index (κ2) is 7.53. The first-order valence-electron chi connectivity index (χ1n) is 8.10. The van der Waals surface area contributed by atoms with Gasteiger partial charge in [0.05, 0.1) is 12.2 Å². The fourth-order valence-corrected chi connectivity index (χ4v) is 2.74. The third-order valence-electron chi connectivity index (χ3n) is 3.98. The highest BCUT2D eigenvalue weighted by atomic mass is 19.1. The molecule has 0 fully saturated rings. The number of nitrogens with one attached hydrogen (secondary N) is 1. The number of nitrogens with zero attached hydrogens (tertiary/aromatic N) is 1. The molecule has 0 atom stereocenters. The molecule has 0 aliphatic carbocycles. The van der Waals surface area contributed by atoms with Gasteiger partial charge in [0.15, 0.2) is 17.3 Å². The van der Waals surface area contributed by atoms with E-state index in [4.69, 9.17) is 9.47 Å². The Balaban J connectivity index is 1.68. The van der Waals surface area contributed by atoms with Gasteiger partial charge in [0, 0.05) is 23.7 Å². The Kier molecular flexibility index (Phi) is 5.18. The summed E-state index contributed by atoms with van der Waals surface area (Å²) in [6, 6.07) is 9.56. The van der Waals surface area contributed by atoms with Crippen molar-refractivity contribution in [1.82, 2.24) is 4.90 Å². The van der Waals surface area contributed by atoms with E-state index in [2.05, 4.69) is 5.32 Å². The number of amides is 1. The average Bonchev–Trinajstić information content (AvgIpc) is 3.03. The molecular formula is C19H19FN2O4. The average molecular weight is 358 g/mol. The third-order valence-corrected chi connectivity index (χ3v) is 3.98. The van der Waals surface area contributed by atoms with Crippen LogP contribution >= 0.6 is 0 Å². The van der Waals surface area contributed by atoms with Gasteiger partial charge in [-0.15, -0.1) is 0 Å². The van der Waals surface area contributed by atoms with Crippen LogP contribution in [-0.2, 0) is 11.3 Å². The Labute approximate surface area is 150 Å². The van der Waals surface area contributed by atoms with Crippen LogP contribution in [0.4, 0.5) is 10.1 Å². The minimum absolute atomic E-state index is 0.0418. The van der Waals surface area contributed by atoms with E-state index in [0.717, 1.165) is 0 Å². The quantitative estimate of drug-likeness (QED) is 0.805. The summed E-state index contributed by atoms with van der Waals surface area (Å²) in [6.45, 7) is 1.83. The number of rotatable bonds is 6. The smallest absolute Gasteiger partial charge is 0.238 e. The Morgan fingerprint density at radius 2 is 1.88 bits per heavy atom. The zero-order valence-electron chi connectivity index (χ0n) is 14.5. The summed E-state index contributed by atoms with van der Waals surface area (Å²) in [5.41, 5.74) is 1.22. The highest BCUT2D eigenvalue weighted by Crippen LogP contribution is 2.37. The van der Waals surface area contributed by atoms with Crippen molar-refractivity contribution >= 4 is 17.4 Å². The third kappa shape index (κ3) is 4.00. The molecule has 0 unspecified atom stereocenters. The molecule has 1 N–H and O–H groups in total. The Morgan fingerprint density at radius 3 is 2.58 bits per heavy atom. The summed E-state index contributed by atoms with van der Waals surface area (Å²) < 4.78 is 24.3. The molecule has 0 spiro atoms. The topological polar surface area (TPSA) is 67.9 Å². The van der Waals surface area contributed by atoms with Crippen molar-refractivity contribution < 1.29 is 23.5 Å². The molecule has 7 heteroatoms. The number of carbonyl (C=O) groups excluding carboxylic acids is 2. The number of carbonyl (C=O) groups is 2. The predicted molar refractivity (Wildman–Crippen MR) is 93.9 cm³/mol. The second-order valence-corrected chi connectivity index (χ2v) is 6.12. The van der Waals surface area contributed by atoms with Crippen molar-refractivity contribution in [3.05, 3.63) is 53.3 Å². The Hall–Kier alpha value is -2.93. The van der Waals surface area contributed by atoms with Gasteiger partial charge in [-0.05, 0) is 26.1 Å². The molecule has 3 rings (SSSR count). The van der Waals surface area contributed by atoms with Gasteiger partial charge in [-0.25, -0.2) is 4.39 Å². The summed E-state index contributed by atoms with van der Waals surface area (Å²) >= 11 is 0. The molecule has 0 aromatic heterocycles. The molecule has 1 aliphatic heterocycles. The van der Waals surface area contributed by atoms with Gasteiger partial charge < -0.3 is 14.8 Å². The highest BCUT2D eigenvalue weighted by Gasteiger charge is 2.20. The molecule has 0 bridgehead atoms. The van der Waals surface area contributed by atoms with Crippen LogP contribution in [0.2, 0.25) is 0 Å². The number of Topliss-reactive ketones (excluding diaryl/α,β-unsaturated/α-hetero) is 1. The molecule has 0 saturated carbocycles. The van der Waals surface area contributed by atoms with Crippen LogP contribution in [0.1, 0.15) is 22.8 Å². The van der Waals surface area contributed by atoms with Crippen molar-refractivity contribution in [3.63, 3.8) is 0 Å². The lowest BCUT2D eigenvalue weighted by molar-refractivity contribution is -0.117. The van der Waals surface area contributed by atoms with E-state index in [1.807, 2.05) is 0 Å². The molecule has 1 aliphatic rings. The minimum Gasteiger partial charge on any atom is -0.454 e. The lowest BCUT2D eigenvalue weighted by atomic mass is 10.1. The van der Waals surface area contributed by atoms with Crippen molar-refractivity contribution in [3.8, 4) is 11.5 Å². The molecule has 26 heavy (non-hydrogen) atoms. The second-order valence-electron chi connectivity index (χ2n) is 6.12. The number of hydrogen-bond donors (Lipinski definition) is 1. The first kappa shape index (κ1) is 17.9. The highest BCUT2D eigenvalue weighted by molar-refractivity contribution is 6.05. The monoisotopic (exact) mass is 358 g/mol. The van der Waals surface area contributed by atoms with E-state index < -0.39 is 0 Å². The maximum absolute atomic E-state index is 13.7. The van der Waals surface area contributed by atoms with E-state index in [1.165, 1.54) is 13.0 Å². The fraction of sp³-hybridized carbons (Fsp3) is 0.263. The normalized spacial score (nSPS) is 12.3. The first-order chi connectivity index (χ1) is 12.4. The van der Waals surface area contributed by atoms with Crippen molar-refractivity contribution in [2.45, 2.75) is 13.5 Å². The molecule has 1 amide bonds. The van der Waals surface area contributed by atoms with Crippen LogP contribution in [0.5, 0.6) is 11.5 Å². The van der Waals surface area contributed by atoms with Crippen LogP contribution in [0.3, 0.4) is 0 Å². The van der Waals surface area contributed by atoms with Gasteiger partial charge in [-0.1, -0.05) is 18.2 Å². The van der Waals surface area contributed by atoms with Gasteiger partial charge in [-0.3, -0.25) is 14.5 Å². The largest absolute Gasteiger partial charge is 0.454 e. The van der Waals surface area contributed by atoms with E-state index in [9.17, 15) is 14.0 Å². The summed E-state index contributed by atoms with van der Waals surface area (Å²) in [6.07, 6.45) is 0. The number of anilines is 1. The van der Waals surface area contributed by atoms with Gasteiger partial charge in [-0.2, -0.15) is 0 Å². The number of fused-ring (bicyclic) bond motifs is 1. The Morgan fingerprint density at radius 1 is 1.19 bits per heavy atom. The van der Waals surface area contributed by atoms with E-state index in [1.54, 1.807) is 42.3 Å². The summed E-state index contributed by atoms with van der Waals surface area (Å²) in [5, 5.41) is 2.72. The summed E-state index contributed by atoms with van der Waals surface area (Å²) in [7, 11) is 1.72. The van der Waals surface area contributed by atoms with Crippen molar-refractivity contribution in [2.75, 3.05) is 25.7 Å². The molecule has 6 nitrogen and oxygen atoms in total. The number of halogens is 1. The lowest BCUT2D eigenvalue weighted by Gasteiger charge is -2.17. The van der Waals surface area contributed by atoms with Gasteiger partial charge >= 0.3 is 0 Å².